The van der Waals surface area contributed by atoms with Crippen LogP contribution in [0.25, 0.3) is 0 Å². The van der Waals surface area contributed by atoms with Gasteiger partial charge in [0.2, 0.25) is 5.91 Å². The summed E-state index contributed by atoms with van der Waals surface area (Å²) in [4.78, 5) is 15.5. The third-order valence-electron chi connectivity index (χ3n) is 2.38. The van der Waals surface area contributed by atoms with E-state index in [1.165, 1.54) is 0 Å². The molecule has 1 aromatic rings. The van der Waals surface area contributed by atoms with E-state index in [0.717, 1.165) is 23.2 Å². The lowest BCUT2D eigenvalue weighted by Gasteiger charge is -2.11. The average molecular weight is 258 g/mol. The predicted octanol–water partition coefficient (Wildman–Crippen LogP) is 2.81. The molecule has 1 aromatic carbocycles. The topological polar surface area (TPSA) is 58.6 Å². The number of carbonyl (C=O) groups is 1. The highest BCUT2D eigenvalue weighted by molar-refractivity contribution is 6.19. The SMILES string of the molecule is CCc1cc(COO)ccc1NC(=O)CCCl. The zero-order chi connectivity index (χ0) is 12.7. The lowest BCUT2D eigenvalue weighted by atomic mass is 10.1. The number of rotatable bonds is 6. The van der Waals surface area contributed by atoms with Crippen LogP contribution in [0.3, 0.4) is 0 Å². The molecular weight excluding hydrogens is 242 g/mol. The Hall–Kier alpha value is -1.10. The summed E-state index contributed by atoms with van der Waals surface area (Å²) in [5.41, 5.74) is 2.64. The van der Waals surface area contributed by atoms with Crippen molar-refractivity contribution in [3.63, 3.8) is 0 Å². The molecule has 0 saturated carbocycles. The number of amides is 1. The van der Waals surface area contributed by atoms with E-state index in [1.807, 2.05) is 13.0 Å². The van der Waals surface area contributed by atoms with Gasteiger partial charge in [0.05, 0.1) is 0 Å². The van der Waals surface area contributed by atoms with Crippen molar-refractivity contribution in [1.29, 1.82) is 0 Å². The first-order valence-corrected chi connectivity index (χ1v) is 5.98. The molecule has 94 valence electrons. The number of halogens is 1. The molecule has 1 rings (SSSR count). The standard InChI is InChI=1S/C12H16ClNO3/c1-2-10-7-9(8-17-16)3-4-11(10)14-12(15)5-6-13/h3-4,7,16H,2,5-6,8H2,1H3,(H,14,15). The number of anilines is 1. The number of benzene rings is 1. The van der Waals surface area contributed by atoms with Crippen molar-refractivity contribution in [2.45, 2.75) is 26.4 Å². The highest BCUT2D eigenvalue weighted by Crippen LogP contribution is 2.19. The van der Waals surface area contributed by atoms with Crippen LogP contribution in [-0.4, -0.2) is 17.0 Å². The monoisotopic (exact) mass is 257 g/mol. The van der Waals surface area contributed by atoms with E-state index in [2.05, 4.69) is 10.2 Å². The minimum atomic E-state index is -0.0964. The Balaban J connectivity index is 2.81. The summed E-state index contributed by atoms with van der Waals surface area (Å²) in [7, 11) is 0. The van der Waals surface area contributed by atoms with E-state index < -0.39 is 0 Å². The molecule has 0 bridgehead atoms. The van der Waals surface area contributed by atoms with Gasteiger partial charge in [-0.25, -0.2) is 4.89 Å². The van der Waals surface area contributed by atoms with Crippen molar-refractivity contribution in [3.05, 3.63) is 29.3 Å². The van der Waals surface area contributed by atoms with E-state index in [1.54, 1.807) is 12.1 Å². The first kappa shape index (κ1) is 14.0. The smallest absolute Gasteiger partial charge is 0.225 e. The quantitative estimate of drug-likeness (QED) is 0.468. The third kappa shape index (κ3) is 4.34. The van der Waals surface area contributed by atoms with Gasteiger partial charge in [-0.15, -0.1) is 11.6 Å². The maximum atomic E-state index is 11.4. The van der Waals surface area contributed by atoms with Crippen molar-refractivity contribution in [1.82, 2.24) is 0 Å². The largest absolute Gasteiger partial charge is 0.326 e. The van der Waals surface area contributed by atoms with E-state index >= 15 is 0 Å². The van der Waals surface area contributed by atoms with Crippen LogP contribution in [0.1, 0.15) is 24.5 Å². The van der Waals surface area contributed by atoms with Gasteiger partial charge in [-0.3, -0.25) is 10.1 Å². The molecule has 0 atom stereocenters. The number of hydrogen-bond donors (Lipinski definition) is 2. The normalized spacial score (nSPS) is 10.3. The number of alkyl halides is 1. The van der Waals surface area contributed by atoms with Crippen molar-refractivity contribution in [2.24, 2.45) is 0 Å². The van der Waals surface area contributed by atoms with E-state index in [4.69, 9.17) is 16.9 Å². The molecule has 0 spiro atoms. The molecule has 0 aromatic heterocycles. The van der Waals surface area contributed by atoms with Gasteiger partial charge in [0.1, 0.15) is 6.61 Å². The number of carbonyl (C=O) groups excluding carboxylic acids is 1. The van der Waals surface area contributed by atoms with Crippen LogP contribution >= 0.6 is 11.6 Å². The minimum Gasteiger partial charge on any atom is -0.326 e. The Morgan fingerprint density at radius 2 is 2.29 bits per heavy atom. The zero-order valence-corrected chi connectivity index (χ0v) is 10.5. The second-order valence-corrected chi connectivity index (χ2v) is 3.98. The summed E-state index contributed by atoms with van der Waals surface area (Å²) in [5, 5.41) is 11.2. The second kappa shape index (κ2) is 7.27. The van der Waals surface area contributed by atoms with Crippen LogP contribution in [0.15, 0.2) is 18.2 Å². The summed E-state index contributed by atoms with van der Waals surface area (Å²) in [6, 6.07) is 5.50. The van der Waals surface area contributed by atoms with Crippen LogP contribution in [0.2, 0.25) is 0 Å². The Labute approximate surface area is 105 Å². The van der Waals surface area contributed by atoms with Crippen LogP contribution < -0.4 is 5.32 Å². The summed E-state index contributed by atoms with van der Waals surface area (Å²) in [6.45, 7) is 2.14. The fourth-order valence-electron chi connectivity index (χ4n) is 1.52. The Morgan fingerprint density at radius 1 is 1.53 bits per heavy atom. The summed E-state index contributed by atoms with van der Waals surface area (Å²) in [6.07, 6.45) is 1.09. The van der Waals surface area contributed by atoms with Gasteiger partial charge in [0.15, 0.2) is 0 Å². The first-order valence-electron chi connectivity index (χ1n) is 5.45. The van der Waals surface area contributed by atoms with Gasteiger partial charge in [0.25, 0.3) is 0 Å². The predicted molar refractivity (Wildman–Crippen MR) is 67.2 cm³/mol. The Bertz CT molecular complexity index is 382. The molecule has 0 aliphatic rings. The van der Waals surface area contributed by atoms with Crippen molar-refractivity contribution >= 4 is 23.2 Å². The van der Waals surface area contributed by atoms with Crippen LogP contribution in [0.4, 0.5) is 5.69 Å². The number of nitrogens with one attached hydrogen (secondary N) is 1. The van der Waals surface area contributed by atoms with Gasteiger partial charge in [0, 0.05) is 18.0 Å². The van der Waals surface area contributed by atoms with Gasteiger partial charge < -0.3 is 5.32 Å². The lowest BCUT2D eigenvalue weighted by molar-refractivity contribution is -0.253. The second-order valence-electron chi connectivity index (χ2n) is 3.61. The molecule has 5 heteroatoms. The van der Waals surface area contributed by atoms with E-state index in [-0.39, 0.29) is 12.5 Å². The van der Waals surface area contributed by atoms with Crippen molar-refractivity contribution in [3.8, 4) is 0 Å². The van der Waals surface area contributed by atoms with Crippen molar-refractivity contribution < 1.29 is 14.9 Å². The van der Waals surface area contributed by atoms with Gasteiger partial charge in [-0.2, -0.15) is 0 Å². The maximum Gasteiger partial charge on any atom is 0.225 e. The number of hydrogen-bond acceptors (Lipinski definition) is 3. The molecule has 0 aliphatic carbocycles. The molecule has 0 saturated heterocycles. The molecule has 0 aliphatic heterocycles. The molecule has 0 unspecified atom stereocenters. The summed E-state index contributed by atoms with van der Waals surface area (Å²) in [5.74, 6) is 0.213. The minimum absolute atomic E-state index is 0.0964. The van der Waals surface area contributed by atoms with E-state index in [9.17, 15) is 4.79 Å². The zero-order valence-electron chi connectivity index (χ0n) is 9.70. The van der Waals surface area contributed by atoms with E-state index in [0.29, 0.717) is 12.3 Å². The molecule has 0 fully saturated rings. The summed E-state index contributed by atoms with van der Waals surface area (Å²) >= 11 is 5.50. The molecule has 2 N–H and O–H groups in total. The lowest BCUT2D eigenvalue weighted by Crippen LogP contribution is -2.13. The van der Waals surface area contributed by atoms with Gasteiger partial charge >= 0.3 is 0 Å². The van der Waals surface area contributed by atoms with Crippen LogP contribution in [-0.2, 0) is 22.7 Å². The van der Waals surface area contributed by atoms with Crippen LogP contribution in [0.5, 0.6) is 0 Å². The molecule has 0 radical (unpaired) electrons. The highest BCUT2D eigenvalue weighted by Gasteiger charge is 2.06. The Kier molecular flexibility index (Phi) is 5.97. The molecule has 1 amide bonds. The highest BCUT2D eigenvalue weighted by atomic mass is 35.5. The third-order valence-corrected chi connectivity index (χ3v) is 2.57. The average Bonchev–Trinajstić information content (AvgIpc) is 2.31. The van der Waals surface area contributed by atoms with Crippen molar-refractivity contribution in [2.75, 3.05) is 11.2 Å². The van der Waals surface area contributed by atoms with Crippen LogP contribution in [0, 0.1) is 0 Å². The number of aryl methyl sites for hydroxylation is 1. The van der Waals surface area contributed by atoms with Gasteiger partial charge in [-0.1, -0.05) is 19.1 Å². The first-order chi connectivity index (χ1) is 8.21. The fraction of sp³-hybridized carbons (Fsp3) is 0.417. The molecular formula is C12H16ClNO3. The fourth-order valence-corrected chi connectivity index (χ4v) is 1.70. The molecule has 17 heavy (non-hydrogen) atoms. The maximum absolute atomic E-state index is 11.4. The Morgan fingerprint density at radius 3 is 2.88 bits per heavy atom. The molecule has 0 heterocycles. The summed E-state index contributed by atoms with van der Waals surface area (Å²) < 4.78 is 0. The van der Waals surface area contributed by atoms with Gasteiger partial charge in [-0.05, 0) is 23.6 Å². The molecule has 4 nitrogen and oxygen atoms in total.